The SMILES string of the molecule is CC(C)(C)OCCOc1ccc(C=O)c(Cl)c1. The lowest BCUT2D eigenvalue weighted by atomic mass is 10.2. The van der Waals surface area contributed by atoms with E-state index in [0.717, 1.165) is 6.29 Å². The number of hydrogen-bond donors (Lipinski definition) is 0. The average Bonchev–Trinajstić information content (AvgIpc) is 2.23. The second-order valence-electron chi connectivity index (χ2n) is 4.61. The number of hydrogen-bond acceptors (Lipinski definition) is 3. The van der Waals surface area contributed by atoms with Gasteiger partial charge in [-0.2, -0.15) is 0 Å². The van der Waals surface area contributed by atoms with Crippen molar-refractivity contribution >= 4 is 17.9 Å². The van der Waals surface area contributed by atoms with E-state index in [4.69, 9.17) is 21.1 Å². The summed E-state index contributed by atoms with van der Waals surface area (Å²) in [5.74, 6) is 0.637. The fraction of sp³-hybridized carbons (Fsp3) is 0.462. The van der Waals surface area contributed by atoms with Crippen LogP contribution in [0.4, 0.5) is 0 Å². The molecule has 0 heterocycles. The minimum absolute atomic E-state index is 0.164. The molecule has 17 heavy (non-hydrogen) atoms. The lowest BCUT2D eigenvalue weighted by Gasteiger charge is -2.19. The van der Waals surface area contributed by atoms with Crippen LogP contribution < -0.4 is 4.74 Å². The van der Waals surface area contributed by atoms with Gasteiger partial charge in [-0.15, -0.1) is 0 Å². The maximum atomic E-state index is 10.6. The Morgan fingerprint density at radius 2 is 2.00 bits per heavy atom. The molecule has 0 unspecified atom stereocenters. The summed E-state index contributed by atoms with van der Waals surface area (Å²) in [4.78, 5) is 10.6. The van der Waals surface area contributed by atoms with E-state index in [9.17, 15) is 4.79 Å². The molecule has 0 atom stereocenters. The molecule has 0 spiro atoms. The number of carbonyl (C=O) groups excluding carboxylic acids is 1. The third kappa shape index (κ3) is 5.20. The summed E-state index contributed by atoms with van der Waals surface area (Å²) in [6, 6.07) is 4.98. The Morgan fingerprint density at radius 3 is 2.53 bits per heavy atom. The number of rotatable bonds is 5. The number of benzene rings is 1. The highest BCUT2D eigenvalue weighted by atomic mass is 35.5. The first kappa shape index (κ1) is 14.0. The molecule has 4 heteroatoms. The largest absolute Gasteiger partial charge is 0.491 e. The molecule has 1 aromatic rings. The number of carbonyl (C=O) groups is 1. The fourth-order valence-electron chi connectivity index (χ4n) is 1.20. The van der Waals surface area contributed by atoms with Crippen molar-refractivity contribution in [2.24, 2.45) is 0 Å². The smallest absolute Gasteiger partial charge is 0.151 e. The van der Waals surface area contributed by atoms with E-state index in [1.165, 1.54) is 0 Å². The standard InChI is InChI=1S/C13H17ClO3/c1-13(2,3)17-7-6-16-11-5-4-10(9-15)12(14)8-11/h4-5,8-9H,6-7H2,1-3H3. The highest BCUT2D eigenvalue weighted by Gasteiger charge is 2.09. The molecular weight excluding hydrogens is 240 g/mol. The van der Waals surface area contributed by atoms with Gasteiger partial charge in [0, 0.05) is 5.56 Å². The highest BCUT2D eigenvalue weighted by molar-refractivity contribution is 6.33. The van der Waals surface area contributed by atoms with Crippen molar-refractivity contribution in [3.63, 3.8) is 0 Å². The summed E-state index contributed by atoms with van der Waals surface area (Å²) in [5, 5.41) is 0.397. The molecule has 1 aromatic carbocycles. The van der Waals surface area contributed by atoms with Gasteiger partial charge in [0.2, 0.25) is 0 Å². The number of aldehydes is 1. The first-order valence-corrected chi connectivity index (χ1v) is 5.81. The summed E-state index contributed by atoms with van der Waals surface area (Å²) in [6.45, 7) is 6.93. The Kier molecular flexibility index (Phi) is 4.97. The molecule has 0 saturated heterocycles. The Morgan fingerprint density at radius 1 is 1.29 bits per heavy atom. The topological polar surface area (TPSA) is 35.5 Å². The lowest BCUT2D eigenvalue weighted by molar-refractivity contribution is -0.0163. The molecule has 0 N–H and O–H groups in total. The van der Waals surface area contributed by atoms with Crippen LogP contribution in [0.15, 0.2) is 18.2 Å². The van der Waals surface area contributed by atoms with Crippen molar-refractivity contribution in [1.29, 1.82) is 0 Å². The van der Waals surface area contributed by atoms with Gasteiger partial charge in [-0.1, -0.05) is 11.6 Å². The van der Waals surface area contributed by atoms with Crippen LogP contribution in [0.25, 0.3) is 0 Å². The van der Waals surface area contributed by atoms with Crippen molar-refractivity contribution in [3.05, 3.63) is 28.8 Å². The third-order valence-electron chi connectivity index (χ3n) is 1.99. The maximum Gasteiger partial charge on any atom is 0.151 e. The fourth-order valence-corrected chi connectivity index (χ4v) is 1.42. The van der Waals surface area contributed by atoms with E-state index in [0.29, 0.717) is 29.5 Å². The molecule has 0 aliphatic carbocycles. The molecule has 0 radical (unpaired) electrons. The highest BCUT2D eigenvalue weighted by Crippen LogP contribution is 2.21. The second-order valence-corrected chi connectivity index (χ2v) is 5.02. The van der Waals surface area contributed by atoms with Crippen LogP contribution in [0.3, 0.4) is 0 Å². The van der Waals surface area contributed by atoms with E-state index in [-0.39, 0.29) is 5.60 Å². The Balaban J connectivity index is 2.42. The van der Waals surface area contributed by atoms with Crippen LogP contribution in [-0.2, 0) is 4.74 Å². The van der Waals surface area contributed by atoms with Crippen molar-refractivity contribution in [2.75, 3.05) is 13.2 Å². The summed E-state index contributed by atoms with van der Waals surface area (Å²) in [5.41, 5.74) is 0.299. The molecule has 94 valence electrons. The van der Waals surface area contributed by atoms with Gasteiger partial charge in [0.05, 0.1) is 17.2 Å². The van der Waals surface area contributed by atoms with Crippen LogP contribution >= 0.6 is 11.6 Å². The normalized spacial score (nSPS) is 11.3. The summed E-state index contributed by atoms with van der Waals surface area (Å²) < 4.78 is 11.0. The van der Waals surface area contributed by atoms with Crippen LogP contribution in [-0.4, -0.2) is 25.1 Å². The molecular formula is C13H17ClO3. The van der Waals surface area contributed by atoms with Gasteiger partial charge in [0.1, 0.15) is 12.4 Å². The zero-order chi connectivity index (χ0) is 12.9. The van der Waals surface area contributed by atoms with Crippen molar-refractivity contribution in [2.45, 2.75) is 26.4 Å². The van der Waals surface area contributed by atoms with Gasteiger partial charge in [-0.3, -0.25) is 4.79 Å². The van der Waals surface area contributed by atoms with Gasteiger partial charge in [0.25, 0.3) is 0 Å². The van der Waals surface area contributed by atoms with Gasteiger partial charge >= 0.3 is 0 Å². The zero-order valence-electron chi connectivity index (χ0n) is 10.3. The van der Waals surface area contributed by atoms with Crippen molar-refractivity contribution in [3.8, 4) is 5.75 Å². The summed E-state index contributed by atoms with van der Waals surface area (Å²) >= 11 is 5.87. The number of ether oxygens (including phenoxy) is 2. The van der Waals surface area contributed by atoms with Gasteiger partial charge in [-0.05, 0) is 39.0 Å². The van der Waals surface area contributed by atoms with Crippen LogP contribution in [0.1, 0.15) is 31.1 Å². The molecule has 0 aliphatic rings. The predicted molar refractivity (Wildman–Crippen MR) is 68.0 cm³/mol. The second kappa shape index (κ2) is 6.03. The quantitative estimate of drug-likeness (QED) is 0.599. The summed E-state index contributed by atoms with van der Waals surface area (Å²) in [7, 11) is 0. The van der Waals surface area contributed by atoms with Crippen molar-refractivity contribution < 1.29 is 14.3 Å². The Hall–Kier alpha value is -1.06. The minimum atomic E-state index is -0.164. The van der Waals surface area contributed by atoms with E-state index in [2.05, 4.69) is 0 Å². The van der Waals surface area contributed by atoms with Crippen LogP contribution in [0.5, 0.6) is 5.75 Å². The molecule has 0 amide bonds. The average molecular weight is 257 g/mol. The Labute approximate surface area is 107 Å². The zero-order valence-corrected chi connectivity index (χ0v) is 11.1. The van der Waals surface area contributed by atoms with Gasteiger partial charge in [-0.25, -0.2) is 0 Å². The molecule has 0 bridgehead atoms. The Bertz CT molecular complexity index is 383. The first-order chi connectivity index (χ1) is 7.92. The number of halogens is 1. The van der Waals surface area contributed by atoms with E-state index in [1.54, 1.807) is 18.2 Å². The first-order valence-electron chi connectivity index (χ1n) is 5.44. The minimum Gasteiger partial charge on any atom is -0.491 e. The maximum absolute atomic E-state index is 10.6. The monoisotopic (exact) mass is 256 g/mol. The van der Waals surface area contributed by atoms with Gasteiger partial charge in [0.15, 0.2) is 6.29 Å². The lowest BCUT2D eigenvalue weighted by Crippen LogP contribution is -2.22. The molecule has 3 nitrogen and oxygen atoms in total. The van der Waals surface area contributed by atoms with E-state index in [1.807, 2.05) is 20.8 Å². The molecule has 0 saturated carbocycles. The molecule has 0 aromatic heterocycles. The molecule has 1 rings (SSSR count). The summed E-state index contributed by atoms with van der Waals surface area (Å²) in [6.07, 6.45) is 0.717. The predicted octanol–water partition coefficient (Wildman–Crippen LogP) is 3.35. The van der Waals surface area contributed by atoms with Crippen molar-refractivity contribution in [1.82, 2.24) is 0 Å². The van der Waals surface area contributed by atoms with E-state index >= 15 is 0 Å². The molecule has 0 fully saturated rings. The van der Waals surface area contributed by atoms with Gasteiger partial charge < -0.3 is 9.47 Å². The van der Waals surface area contributed by atoms with Crippen LogP contribution in [0.2, 0.25) is 5.02 Å². The molecule has 0 aliphatic heterocycles. The van der Waals surface area contributed by atoms with Crippen LogP contribution in [0, 0.1) is 0 Å². The van der Waals surface area contributed by atoms with E-state index < -0.39 is 0 Å². The third-order valence-corrected chi connectivity index (χ3v) is 2.31.